The van der Waals surface area contributed by atoms with Crippen molar-refractivity contribution in [3.63, 3.8) is 0 Å². The van der Waals surface area contributed by atoms with E-state index in [2.05, 4.69) is 38.1 Å². The highest BCUT2D eigenvalue weighted by Crippen LogP contribution is 2.39. The van der Waals surface area contributed by atoms with Gasteiger partial charge < -0.3 is 25.4 Å². The summed E-state index contributed by atoms with van der Waals surface area (Å²) in [6.45, 7) is 7.03. The normalized spacial score (nSPS) is 20.6. The molecule has 2 aromatic heterocycles. The van der Waals surface area contributed by atoms with Crippen LogP contribution in [0.25, 0.3) is 5.65 Å². The van der Waals surface area contributed by atoms with Gasteiger partial charge in [-0.3, -0.25) is 18.9 Å². The summed E-state index contributed by atoms with van der Waals surface area (Å²) in [5.74, 6) is 1.33. The molecule has 12 nitrogen and oxygen atoms in total. The van der Waals surface area contributed by atoms with Gasteiger partial charge in [-0.15, -0.1) is 10.2 Å². The lowest BCUT2D eigenvalue weighted by atomic mass is 9.81. The number of hydrogen-bond acceptors (Lipinski definition) is 8. The number of carbonyl (C=O) groups excluding carboxylic acids is 3. The number of ether oxygens (including phenoxy) is 2. The SMILES string of the molecule is CNC(=O)c1cc(C(C)(C)C)cc(NC(=O)N[C@@]2(C=O)C=C[C@@H](Oc3ccc4nnc([C@@H]5CCCN5C)n4c3)c3ccccc32)c1OC. The van der Waals surface area contributed by atoms with E-state index in [-0.39, 0.29) is 28.7 Å². The van der Waals surface area contributed by atoms with Crippen molar-refractivity contribution < 1.29 is 23.9 Å². The number of amides is 3. The van der Waals surface area contributed by atoms with Crippen molar-refractivity contribution in [2.24, 2.45) is 0 Å². The molecule has 0 spiro atoms. The number of anilines is 1. The number of likely N-dealkylation sites (tertiary alicyclic amines) is 1. The van der Waals surface area contributed by atoms with Crippen LogP contribution < -0.4 is 25.4 Å². The van der Waals surface area contributed by atoms with Crippen molar-refractivity contribution in [3.05, 3.63) is 95.0 Å². The van der Waals surface area contributed by atoms with Crippen molar-refractivity contribution in [3.8, 4) is 11.5 Å². The first-order chi connectivity index (χ1) is 23.0. The van der Waals surface area contributed by atoms with Crippen molar-refractivity contribution in [1.82, 2.24) is 30.1 Å². The van der Waals surface area contributed by atoms with Gasteiger partial charge in [0.05, 0.1) is 30.6 Å². The maximum atomic E-state index is 13.6. The van der Waals surface area contributed by atoms with Crippen LogP contribution in [0.15, 0.2) is 66.9 Å². The zero-order chi connectivity index (χ0) is 34.2. The highest BCUT2D eigenvalue weighted by Gasteiger charge is 2.39. The topological polar surface area (TPSA) is 139 Å². The third-order valence-corrected chi connectivity index (χ3v) is 9.12. The molecule has 3 atom stereocenters. The van der Waals surface area contributed by atoms with Crippen LogP contribution in [-0.4, -0.2) is 65.5 Å². The van der Waals surface area contributed by atoms with E-state index < -0.39 is 17.7 Å². The number of urea groups is 1. The molecule has 3 amide bonds. The Labute approximate surface area is 279 Å². The fourth-order valence-electron chi connectivity index (χ4n) is 6.49. The molecule has 0 bridgehead atoms. The Morgan fingerprint density at radius 2 is 1.90 bits per heavy atom. The van der Waals surface area contributed by atoms with Gasteiger partial charge in [-0.2, -0.15) is 0 Å². The number of aromatic nitrogens is 3. The second kappa shape index (κ2) is 12.8. The standard InChI is InChI=1S/C36H41N7O5/c1-35(2,3)22-18-25(33(45)37-4)31(47-6)27(19-22)38-34(46)39-36(21-44)16-15-29(24-10-7-8-11-26(24)36)48-23-13-14-30-40-41-32(43(30)20-23)28-12-9-17-42(28)5/h7-8,10-11,13-16,18-21,28-29H,9,12,17H2,1-6H3,(H,37,45)(H2,38,39,46)/t28-,29+,36+/m0/s1. The quantitative estimate of drug-likeness (QED) is 0.177. The third kappa shape index (κ3) is 5.99. The van der Waals surface area contributed by atoms with E-state index in [4.69, 9.17) is 9.47 Å². The van der Waals surface area contributed by atoms with Gasteiger partial charge in [0.2, 0.25) is 0 Å². The van der Waals surface area contributed by atoms with Crippen LogP contribution in [-0.2, 0) is 15.7 Å². The number of nitrogens with zero attached hydrogens (tertiary/aromatic N) is 4. The van der Waals surface area contributed by atoms with Crippen LogP contribution >= 0.6 is 0 Å². The summed E-state index contributed by atoms with van der Waals surface area (Å²) in [6, 6.07) is 14.1. The number of fused-ring (bicyclic) bond motifs is 2. The van der Waals surface area contributed by atoms with Crippen LogP contribution in [0.2, 0.25) is 0 Å². The molecular weight excluding hydrogens is 610 g/mol. The predicted octanol–water partition coefficient (Wildman–Crippen LogP) is 5.07. The van der Waals surface area contributed by atoms with Crippen LogP contribution in [0.4, 0.5) is 10.5 Å². The van der Waals surface area contributed by atoms with Gasteiger partial charge in [-0.05, 0) is 79.4 Å². The summed E-state index contributed by atoms with van der Waals surface area (Å²) in [6.07, 6.45) is 7.58. The van der Waals surface area contributed by atoms with E-state index in [0.717, 1.165) is 42.0 Å². The zero-order valence-electron chi connectivity index (χ0n) is 28.0. The molecule has 1 aliphatic carbocycles. The molecule has 0 saturated carbocycles. The molecule has 0 radical (unpaired) electrons. The predicted molar refractivity (Wildman–Crippen MR) is 182 cm³/mol. The molecule has 2 aromatic carbocycles. The van der Waals surface area contributed by atoms with Crippen molar-refractivity contribution in [1.29, 1.82) is 0 Å². The third-order valence-electron chi connectivity index (χ3n) is 9.12. The Morgan fingerprint density at radius 1 is 1.10 bits per heavy atom. The number of rotatable bonds is 8. The number of nitrogens with one attached hydrogen (secondary N) is 3. The first kappa shape index (κ1) is 32.7. The average molecular weight is 652 g/mol. The molecule has 4 aromatic rings. The minimum absolute atomic E-state index is 0.183. The lowest BCUT2D eigenvalue weighted by molar-refractivity contribution is -0.111. The summed E-state index contributed by atoms with van der Waals surface area (Å²) >= 11 is 0. The van der Waals surface area contributed by atoms with Gasteiger partial charge in [0.25, 0.3) is 5.91 Å². The van der Waals surface area contributed by atoms with Gasteiger partial charge >= 0.3 is 6.03 Å². The fraction of sp³-hybridized carbons (Fsp3) is 0.361. The summed E-state index contributed by atoms with van der Waals surface area (Å²) in [4.78, 5) is 41.6. The monoisotopic (exact) mass is 651 g/mol. The second-order valence-corrected chi connectivity index (χ2v) is 13.3. The van der Waals surface area contributed by atoms with Crippen molar-refractivity contribution in [2.45, 2.75) is 56.7 Å². The first-order valence-corrected chi connectivity index (χ1v) is 16.0. The number of pyridine rings is 1. The van der Waals surface area contributed by atoms with Gasteiger partial charge in [-0.1, -0.05) is 45.0 Å². The van der Waals surface area contributed by atoms with E-state index in [9.17, 15) is 14.4 Å². The van der Waals surface area contributed by atoms with Crippen LogP contribution in [0.3, 0.4) is 0 Å². The fourth-order valence-corrected chi connectivity index (χ4v) is 6.49. The average Bonchev–Trinajstić information content (AvgIpc) is 3.69. The van der Waals surface area contributed by atoms with Gasteiger partial charge in [0.1, 0.15) is 17.4 Å². The molecule has 1 saturated heterocycles. The molecule has 6 rings (SSSR count). The van der Waals surface area contributed by atoms with Gasteiger partial charge in [0.15, 0.2) is 23.5 Å². The number of carbonyl (C=O) groups is 3. The lowest BCUT2D eigenvalue weighted by Gasteiger charge is -2.34. The smallest absolute Gasteiger partial charge is 0.320 e. The summed E-state index contributed by atoms with van der Waals surface area (Å²) < 4.78 is 14.0. The summed E-state index contributed by atoms with van der Waals surface area (Å²) in [7, 11) is 5.06. The Hall–Kier alpha value is -5.23. The molecule has 48 heavy (non-hydrogen) atoms. The van der Waals surface area contributed by atoms with E-state index >= 15 is 0 Å². The highest BCUT2D eigenvalue weighted by atomic mass is 16.5. The first-order valence-electron chi connectivity index (χ1n) is 16.0. The molecular formula is C36H41N7O5. The van der Waals surface area contributed by atoms with Crippen LogP contribution in [0.1, 0.15) is 78.6 Å². The summed E-state index contributed by atoms with van der Waals surface area (Å²) in [5.41, 5.74) is 1.60. The highest BCUT2D eigenvalue weighted by molar-refractivity contribution is 6.02. The molecule has 2 aliphatic rings. The summed E-state index contributed by atoms with van der Waals surface area (Å²) in [5, 5.41) is 17.2. The van der Waals surface area contributed by atoms with E-state index in [1.165, 1.54) is 14.2 Å². The number of methoxy groups -OCH3 is 1. The second-order valence-electron chi connectivity index (χ2n) is 13.3. The zero-order valence-corrected chi connectivity index (χ0v) is 28.0. The molecule has 3 heterocycles. The molecule has 0 unspecified atom stereocenters. The Bertz CT molecular complexity index is 1910. The maximum Gasteiger partial charge on any atom is 0.320 e. The Morgan fingerprint density at radius 3 is 2.58 bits per heavy atom. The maximum absolute atomic E-state index is 13.6. The lowest BCUT2D eigenvalue weighted by Crippen LogP contribution is -2.49. The molecule has 1 aliphatic heterocycles. The minimum Gasteiger partial charge on any atom is -0.494 e. The minimum atomic E-state index is -1.49. The van der Waals surface area contributed by atoms with Gasteiger partial charge in [-0.25, -0.2) is 4.79 Å². The van der Waals surface area contributed by atoms with Crippen LogP contribution in [0.5, 0.6) is 11.5 Å². The molecule has 12 heteroatoms. The molecule has 3 N–H and O–H groups in total. The Balaban J connectivity index is 1.28. The molecule has 250 valence electrons. The number of hydrogen-bond donors (Lipinski definition) is 3. The van der Waals surface area contributed by atoms with E-state index in [1.54, 1.807) is 30.4 Å². The molecule has 1 fully saturated rings. The number of aldehydes is 1. The van der Waals surface area contributed by atoms with Crippen molar-refractivity contribution >= 4 is 29.6 Å². The Kier molecular flexibility index (Phi) is 8.69. The van der Waals surface area contributed by atoms with E-state index in [1.807, 2.05) is 61.7 Å². The largest absolute Gasteiger partial charge is 0.494 e. The van der Waals surface area contributed by atoms with Crippen molar-refractivity contribution in [2.75, 3.05) is 33.1 Å². The van der Waals surface area contributed by atoms with Gasteiger partial charge in [0, 0.05) is 12.6 Å². The number of benzene rings is 2. The van der Waals surface area contributed by atoms with E-state index in [0.29, 0.717) is 23.3 Å². The van der Waals surface area contributed by atoms with Crippen LogP contribution in [0, 0.1) is 0 Å².